The van der Waals surface area contributed by atoms with E-state index in [-0.39, 0.29) is 0 Å². The van der Waals surface area contributed by atoms with E-state index in [1.165, 1.54) is 6.20 Å². The van der Waals surface area contributed by atoms with Gasteiger partial charge in [-0.1, -0.05) is 0 Å². The molecule has 0 bridgehead atoms. The molecular formula is C10H9N5. The molecule has 0 spiro atoms. The molecule has 15 heavy (non-hydrogen) atoms. The summed E-state index contributed by atoms with van der Waals surface area (Å²) in [6, 6.07) is 7.40. The van der Waals surface area contributed by atoms with Crippen LogP contribution in [-0.4, -0.2) is 15.2 Å². The smallest absolute Gasteiger partial charge is 0.126 e. The minimum atomic E-state index is 0.557. The van der Waals surface area contributed by atoms with E-state index in [2.05, 4.69) is 20.5 Å². The number of rotatable bonds is 3. The van der Waals surface area contributed by atoms with Gasteiger partial charge in [0.1, 0.15) is 11.9 Å². The lowest BCUT2D eigenvalue weighted by Crippen LogP contribution is -2.01. The third-order valence-electron chi connectivity index (χ3n) is 1.91. The zero-order chi connectivity index (χ0) is 10.5. The molecule has 0 aromatic carbocycles. The number of aromatic amines is 1. The highest BCUT2D eigenvalue weighted by atomic mass is 15.1. The lowest BCUT2D eigenvalue weighted by atomic mass is 10.3. The van der Waals surface area contributed by atoms with Gasteiger partial charge in [0, 0.05) is 12.4 Å². The Morgan fingerprint density at radius 1 is 1.40 bits per heavy atom. The minimum absolute atomic E-state index is 0.557. The minimum Gasteiger partial charge on any atom is -0.364 e. The van der Waals surface area contributed by atoms with E-state index in [0.717, 1.165) is 11.5 Å². The third-order valence-corrected chi connectivity index (χ3v) is 1.91. The Hall–Kier alpha value is -2.35. The highest BCUT2D eigenvalue weighted by Gasteiger charge is 1.96. The number of nitrogens with zero attached hydrogens (tertiary/aromatic N) is 3. The van der Waals surface area contributed by atoms with Crippen LogP contribution in [0, 0.1) is 11.3 Å². The number of anilines is 1. The van der Waals surface area contributed by atoms with Crippen LogP contribution in [0.5, 0.6) is 0 Å². The molecule has 2 aromatic rings. The van der Waals surface area contributed by atoms with Crippen LogP contribution in [0.1, 0.15) is 11.3 Å². The van der Waals surface area contributed by atoms with E-state index >= 15 is 0 Å². The summed E-state index contributed by atoms with van der Waals surface area (Å²) in [5, 5.41) is 18.4. The molecule has 0 saturated carbocycles. The van der Waals surface area contributed by atoms with Crippen LogP contribution in [0.2, 0.25) is 0 Å². The summed E-state index contributed by atoms with van der Waals surface area (Å²) in [6.45, 7) is 0.638. The van der Waals surface area contributed by atoms with E-state index in [9.17, 15) is 0 Å². The average Bonchev–Trinajstić information content (AvgIpc) is 2.80. The second-order valence-electron chi connectivity index (χ2n) is 2.98. The number of pyridine rings is 1. The second kappa shape index (κ2) is 4.24. The molecule has 0 amide bonds. The first-order chi connectivity index (χ1) is 7.38. The van der Waals surface area contributed by atoms with Crippen molar-refractivity contribution >= 4 is 5.82 Å². The van der Waals surface area contributed by atoms with Gasteiger partial charge in [0.05, 0.1) is 17.8 Å². The predicted molar refractivity (Wildman–Crippen MR) is 54.9 cm³/mol. The Balaban J connectivity index is 1.97. The lowest BCUT2D eigenvalue weighted by molar-refractivity contribution is 0.974. The van der Waals surface area contributed by atoms with Gasteiger partial charge in [0.15, 0.2) is 0 Å². The first-order valence-corrected chi connectivity index (χ1v) is 4.47. The van der Waals surface area contributed by atoms with Crippen LogP contribution < -0.4 is 5.32 Å². The highest BCUT2D eigenvalue weighted by molar-refractivity contribution is 5.39. The molecule has 0 aliphatic carbocycles. The van der Waals surface area contributed by atoms with Gasteiger partial charge in [-0.2, -0.15) is 10.4 Å². The summed E-state index contributed by atoms with van der Waals surface area (Å²) in [7, 11) is 0. The van der Waals surface area contributed by atoms with Gasteiger partial charge in [-0.3, -0.25) is 5.10 Å². The summed E-state index contributed by atoms with van der Waals surface area (Å²) in [6.07, 6.45) is 3.23. The molecule has 0 fully saturated rings. The fraction of sp³-hybridized carbons (Fsp3) is 0.100. The molecule has 2 aromatic heterocycles. The van der Waals surface area contributed by atoms with E-state index in [4.69, 9.17) is 5.26 Å². The Morgan fingerprint density at radius 3 is 2.93 bits per heavy atom. The van der Waals surface area contributed by atoms with Crippen molar-refractivity contribution in [3.63, 3.8) is 0 Å². The van der Waals surface area contributed by atoms with E-state index in [1.807, 2.05) is 12.1 Å². The van der Waals surface area contributed by atoms with Gasteiger partial charge < -0.3 is 5.32 Å². The number of nitrogens with one attached hydrogen (secondary N) is 2. The monoisotopic (exact) mass is 199 g/mol. The van der Waals surface area contributed by atoms with Crippen molar-refractivity contribution in [2.75, 3.05) is 5.32 Å². The average molecular weight is 199 g/mol. The summed E-state index contributed by atoms with van der Waals surface area (Å²) >= 11 is 0. The zero-order valence-corrected chi connectivity index (χ0v) is 7.94. The maximum absolute atomic E-state index is 8.58. The number of nitriles is 1. The molecule has 0 radical (unpaired) electrons. The van der Waals surface area contributed by atoms with Gasteiger partial charge in [-0.05, 0) is 18.2 Å². The van der Waals surface area contributed by atoms with Gasteiger partial charge in [-0.25, -0.2) is 4.98 Å². The molecule has 5 nitrogen and oxygen atoms in total. The van der Waals surface area contributed by atoms with Crippen molar-refractivity contribution in [3.8, 4) is 6.07 Å². The third kappa shape index (κ3) is 2.31. The van der Waals surface area contributed by atoms with Crippen LogP contribution in [-0.2, 0) is 6.54 Å². The second-order valence-corrected chi connectivity index (χ2v) is 2.98. The predicted octanol–water partition coefficient (Wildman–Crippen LogP) is 1.29. The number of H-pyrrole nitrogens is 1. The number of hydrogen-bond acceptors (Lipinski definition) is 4. The fourth-order valence-corrected chi connectivity index (χ4v) is 1.13. The molecule has 0 aliphatic rings. The molecular weight excluding hydrogens is 190 g/mol. The van der Waals surface area contributed by atoms with E-state index in [1.54, 1.807) is 18.3 Å². The molecule has 0 unspecified atom stereocenters. The SMILES string of the molecule is N#Cc1ccc(NCc2ccn[nH]2)nc1. The van der Waals surface area contributed by atoms with Crippen molar-refractivity contribution in [1.82, 2.24) is 15.2 Å². The molecule has 0 aliphatic heterocycles. The van der Waals surface area contributed by atoms with Crippen LogP contribution in [0.3, 0.4) is 0 Å². The molecule has 0 saturated heterocycles. The van der Waals surface area contributed by atoms with Crippen LogP contribution in [0.25, 0.3) is 0 Å². The summed E-state index contributed by atoms with van der Waals surface area (Å²) in [5.41, 5.74) is 1.54. The molecule has 2 rings (SSSR count). The van der Waals surface area contributed by atoms with Crippen molar-refractivity contribution in [3.05, 3.63) is 41.9 Å². The Bertz CT molecular complexity index is 452. The van der Waals surface area contributed by atoms with Crippen LogP contribution in [0.4, 0.5) is 5.82 Å². The van der Waals surface area contributed by atoms with Crippen LogP contribution >= 0.6 is 0 Å². The Morgan fingerprint density at radius 2 is 2.33 bits per heavy atom. The number of aromatic nitrogens is 3. The maximum atomic E-state index is 8.58. The normalized spacial score (nSPS) is 9.53. The molecule has 5 heteroatoms. The summed E-state index contributed by atoms with van der Waals surface area (Å²) < 4.78 is 0. The quantitative estimate of drug-likeness (QED) is 0.780. The topological polar surface area (TPSA) is 77.4 Å². The maximum Gasteiger partial charge on any atom is 0.126 e. The largest absolute Gasteiger partial charge is 0.364 e. The number of hydrogen-bond donors (Lipinski definition) is 2. The summed E-state index contributed by atoms with van der Waals surface area (Å²) in [5.74, 6) is 0.739. The van der Waals surface area contributed by atoms with Gasteiger partial charge in [-0.15, -0.1) is 0 Å². The van der Waals surface area contributed by atoms with Crippen molar-refractivity contribution in [2.45, 2.75) is 6.54 Å². The lowest BCUT2D eigenvalue weighted by Gasteiger charge is -2.02. The van der Waals surface area contributed by atoms with Gasteiger partial charge in [0.2, 0.25) is 0 Å². The molecule has 74 valence electrons. The van der Waals surface area contributed by atoms with Crippen molar-refractivity contribution < 1.29 is 0 Å². The molecule has 0 atom stereocenters. The first-order valence-electron chi connectivity index (χ1n) is 4.47. The van der Waals surface area contributed by atoms with Crippen molar-refractivity contribution in [1.29, 1.82) is 5.26 Å². The highest BCUT2D eigenvalue weighted by Crippen LogP contribution is 2.05. The van der Waals surface area contributed by atoms with Gasteiger partial charge >= 0.3 is 0 Å². The summed E-state index contributed by atoms with van der Waals surface area (Å²) in [4.78, 5) is 4.08. The van der Waals surface area contributed by atoms with Gasteiger partial charge in [0.25, 0.3) is 0 Å². The van der Waals surface area contributed by atoms with E-state index in [0.29, 0.717) is 12.1 Å². The standard InChI is InChI=1S/C10H9N5/c11-5-8-1-2-10(12-6-8)13-7-9-3-4-14-15-9/h1-4,6H,7H2,(H,12,13)(H,14,15). The first kappa shape index (κ1) is 9.21. The zero-order valence-electron chi connectivity index (χ0n) is 7.94. The Kier molecular flexibility index (Phi) is 2.61. The molecule has 2 N–H and O–H groups in total. The van der Waals surface area contributed by atoms with Crippen LogP contribution in [0.15, 0.2) is 30.6 Å². The Labute approximate surface area is 86.8 Å². The van der Waals surface area contributed by atoms with Crippen molar-refractivity contribution in [2.24, 2.45) is 0 Å². The fourth-order valence-electron chi connectivity index (χ4n) is 1.13. The van der Waals surface area contributed by atoms with E-state index < -0.39 is 0 Å². The molecule has 2 heterocycles.